The Balaban J connectivity index is 1.77. The van der Waals surface area contributed by atoms with Gasteiger partial charge in [0.15, 0.2) is 0 Å². The van der Waals surface area contributed by atoms with Crippen LogP contribution in [0.25, 0.3) is 0 Å². The highest BCUT2D eigenvalue weighted by atomic mass is 16.6. The van der Waals surface area contributed by atoms with E-state index in [0.29, 0.717) is 24.2 Å². The molecule has 1 aliphatic rings. The first-order chi connectivity index (χ1) is 37.5. The molecule has 3 rings (SSSR count). The van der Waals surface area contributed by atoms with Gasteiger partial charge in [-0.3, -0.25) is 73.1 Å². The van der Waals surface area contributed by atoms with Crippen molar-refractivity contribution in [1.29, 1.82) is 0 Å². The third kappa shape index (κ3) is 20.1. The number of hydrazine groups is 1. The number of likely N-dealkylation sites (tertiary alicyclic amines) is 1. The number of nitrogens with zero attached hydrogens (tertiary/aromatic N) is 5. The van der Waals surface area contributed by atoms with E-state index in [9.17, 15) is 88.1 Å². The van der Waals surface area contributed by atoms with E-state index in [-0.39, 0.29) is 30.8 Å². The standard InChI is InChI=1S/C50H68N12O18/c1-8-21-61(49(77)29-11-13-30(14-12-29)57-58-31-15-17-32(18-16-31)62(79)80)59-46(74)36-10-9-22-60(36)50(78)41(26(4)5)55-47(75)40(25(2)3)54-45(73)35(24-39(69)70)53-43(71)33(19-20-37(65)66)52-48(76)42(27(6)63)56-44(72)34(23-38(67)68)51-28(7)64/h11-18,25-27,33-36,40-42,63H,8-10,19-24H2,1-7H3,(H,51,64)(H,52,76)(H,53,71)(H,54,73)(H,55,75)(H,56,72)(H,59,74)(H,65,66)(H,67,68)(H,69,70)/t27-,33+,34+,35+,36+,40+,41+,42+/m1/s1. The number of aliphatic hydroxyl groups is 1. The van der Waals surface area contributed by atoms with Gasteiger partial charge in [-0.1, -0.05) is 34.6 Å². The molecule has 30 nitrogen and oxygen atoms in total. The molecule has 0 saturated carbocycles. The first-order valence-corrected chi connectivity index (χ1v) is 25.4. The van der Waals surface area contributed by atoms with Crippen molar-refractivity contribution in [3.63, 3.8) is 0 Å². The summed E-state index contributed by atoms with van der Waals surface area (Å²) < 4.78 is 0. The Hall–Kier alpha value is -8.96. The number of nitro groups is 1. The number of azo groups is 1. The lowest BCUT2D eigenvalue weighted by Gasteiger charge is -2.33. The summed E-state index contributed by atoms with van der Waals surface area (Å²) in [5.74, 6) is -14.8. The summed E-state index contributed by atoms with van der Waals surface area (Å²) >= 11 is 0. The van der Waals surface area contributed by atoms with E-state index in [4.69, 9.17) is 0 Å². The van der Waals surface area contributed by atoms with Gasteiger partial charge in [-0.05, 0) is 80.8 Å². The molecule has 0 unspecified atom stereocenters. The molecular weight excluding hydrogens is 1060 g/mol. The Kier molecular flexibility index (Phi) is 25.2. The number of carboxylic acids is 3. The minimum atomic E-state index is -2.00. The molecule has 11 N–H and O–H groups in total. The van der Waals surface area contributed by atoms with Crippen LogP contribution in [0.3, 0.4) is 0 Å². The van der Waals surface area contributed by atoms with Gasteiger partial charge in [-0.15, -0.1) is 0 Å². The molecular formula is C50H68N12O18. The first-order valence-electron chi connectivity index (χ1n) is 25.4. The number of aliphatic hydroxyl groups excluding tert-OH is 1. The molecule has 9 amide bonds. The molecule has 1 heterocycles. The van der Waals surface area contributed by atoms with Crippen LogP contribution in [0.15, 0.2) is 58.8 Å². The number of carbonyl (C=O) groups excluding carboxylic acids is 9. The molecule has 0 bridgehead atoms. The second-order valence-electron chi connectivity index (χ2n) is 19.3. The minimum Gasteiger partial charge on any atom is -0.481 e. The highest BCUT2D eigenvalue weighted by Gasteiger charge is 2.41. The number of rotatable bonds is 29. The number of aliphatic carboxylic acids is 3. The van der Waals surface area contributed by atoms with E-state index < -0.39 is 162 Å². The van der Waals surface area contributed by atoms with Crippen LogP contribution in [0.4, 0.5) is 17.1 Å². The van der Waals surface area contributed by atoms with E-state index in [1.165, 1.54) is 67.3 Å². The van der Waals surface area contributed by atoms with Gasteiger partial charge in [0.1, 0.15) is 42.3 Å². The third-order valence-electron chi connectivity index (χ3n) is 12.1. The SMILES string of the molecule is CCCN(NC(=O)[C@@H]1CCCN1C(=O)[C@@H](NC(=O)[C@@H](NC(=O)[C@H](CC(=O)O)NC(=O)[C@H](CCC(=O)O)NC(=O)[C@@H](NC(=O)[C@H](CC(=O)O)NC(C)=O)[C@@H](C)O)C(C)C)C(C)C)C(=O)c1ccc(N=Nc2ccc([N+](=O)[O-])cc2)cc1. The van der Waals surface area contributed by atoms with E-state index in [1.54, 1.807) is 20.8 Å². The highest BCUT2D eigenvalue weighted by Crippen LogP contribution is 2.24. The summed E-state index contributed by atoms with van der Waals surface area (Å²) in [6.07, 6.45) is -4.32. The van der Waals surface area contributed by atoms with Crippen molar-refractivity contribution in [3.05, 3.63) is 64.2 Å². The molecule has 0 radical (unpaired) electrons. The predicted octanol–water partition coefficient (Wildman–Crippen LogP) is 0.320. The van der Waals surface area contributed by atoms with Crippen molar-refractivity contribution in [2.45, 2.75) is 142 Å². The summed E-state index contributed by atoms with van der Waals surface area (Å²) in [7, 11) is 0. The Labute approximate surface area is 458 Å². The Bertz CT molecular complexity index is 2630. The second kappa shape index (κ2) is 30.8. The normalized spacial score (nSPS) is 15.7. The molecule has 0 aliphatic carbocycles. The maximum absolute atomic E-state index is 14.3. The lowest BCUT2D eigenvalue weighted by molar-refractivity contribution is -0.384. The van der Waals surface area contributed by atoms with Gasteiger partial charge >= 0.3 is 17.9 Å². The molecule has 8 atom stereocenters. The zero-order valence-corrected chi connectivity index (χ0v) is 45.0. The van der Waals surface area contributed by atoms with Gasteiger partial charge in [-0.2, -0.15) is 10.2 Å². The Morgan fingerprint density at radius 3 is 1.61 bits per heavy atom. The number of carboxylic acid groups (broad SMARTS) is 3. The van der Waals surface area contributed by atoms with Gasteiger partial charge in [-0.25, -0.2) is 5.01 Å². The summed E-state index contributed by atoms with van der Waals surface area (Å²) in [6, 6.07) is -0.143. The monoisotopic (exact) mass is 1120 g/mol. The highest BCUT2D eigenvalue weighted by molar-refractivity contribution is 6.00. The van der Waals surface area contributed by atoms with Crippen molar-refractivity contribution in [3.8, 4) is 0 Å². The van der Waals surface area contributed by atoms with Crippen molar-refractivity contribution in [1.82, 2.24) is 47.2 Å². The zero-order chi connectivity index (χ0) is 60.1. The fourth-order valence-corrected chi connectivity index (χ4v) is 7.99. The molecule has 1 fully saturated rings. The van der Waals surface area contributed by atoms with Crippen LogP contribution in [-0.2, 0) is 52.7 Å². The van der Waals surface area contributed by atoms with E-state index in [2.05, 4.69) is 47.6 Å². The van der Waals surface area contributed by atoms with Crippen LogP contribution in [0.2, 0.25) is 0 Å². The largest absolute Gasteiger partial charge is 0.481 e. The number of non-ortho nitro benzene ring substituents is 1. The van der Waals surface area contributed by atoms with E-state index in [1.807, 2.05) is 0 Å². The maximum Gasteiger partial charge on any atom is 0.305 e. The topological polar surface area (TPSA) is 444 Å². The van der Waals surface area contributed by atoms with Crippen molar-refractivity contribution in [2.75, 3.05) is 13.1 Å². The van der Waals surface area contributed by atoms with Crippen LogP contribution in [-0.4, -0.2) is 168 Å². The first kappa shape index (κ1) is 65.3. The van der Waals surface area contributed by atoms with Gasteiger partial charge in [0.25, 0.3) is 17.5 Å². The lowest BCUT2D eigenvalue weighted by Crippen LogP contribution is -2.62. The Morgan fingerprint density at radius 1 is 0.662 bits per heavy atom. The van der Waals surface area contributed by atoms with Crippen molar-refractivity contribution < 1.29 is 82.9 Å². The fraction of sp³-hybridized carbons (Fsp3) is 0.520. The predicted molar refractivity (Wildman–Crippen MR) is 278 cm³/mol. The van der Waals surface area contributed by atoms with Gasteiger partial charge < -0.3 is 57.2 Å². The average Bonchev–Trinajstić information content (AvgIpc) is 3.88. The van der Waals surface area contributed by atoms with Crippen molar-refractivity contribution in [2.24, 2.45) is 22.1 Å². The molecule has 2 aromatic carbocycles. The number of hydrogen-bond acceptors (Lipinski definition) is 17. The van der Waals surface area contributed by atoms with E-state index >= 15 is 0 Å². The summed E-state index contributed by atoms with van der Waals surface area (Å²) in [5.41, 5.74) is 3.39. The quantitative estimate of drug-likeness (QED) is 0.0297. The van der Waals surface area contributed by atoms with Gasteiger partial charge in [0, 0.05) is 44.1 Å². The number of benzene rings is 2. The van der Waals surface area contributed by atoms with Crippen LogP contribution >= 0.6 is 0 Å². The molecule has 80 heavy (non-hydrogen) atoms. The van der Waals surface area contributed by atoms with Crippen LogP contribution in [0.1, 0.15) is 104 Å². The van der Waals surface area contributed by atoms with E-state index in [0.717, 1.165) is 18.9 Å². The maximum atomic E-state index is 14.3. The van der Waals surface area contributed by atoms with Gasteiger partial charge in [0.05, 0.1) is 35.2 Å². The van der Waals surface area contributed by atoms with Crippen LogP contribution < -0.4 is 37.3 Å². The summed E-state index contributed by atoms with van der Waals surface area (Å²) in [5, 5.41) is 72.4. The number of hydrogen-bond donors (Lipinski definition) is 11. The average molecular weight is 1130 g/mol. The van der Waals surface area contributed by atoms with Crippen molar-refractivity contribution >= 4 is 88.1 Å². The Morgan fingerprint density at radius 2 is 1.14 bits per heavy atom. The fourth-order valence-electron chi connectivity index (χ4n) is 7.99. The zero-order valence-electron chi connectivity index (χ0n) is 45.0. The number of nitro benzene ring substituents is 1. The summed E-state index contributed by atoms with van der Waals surface area (Å²) in [4.78, 5) is 168. The minimum absolute atomic E-state index is 0.0755. The molecule has 1 aliphatic heterocycles. The molecule has 0 spiro atoms. The van der Waals surface area contributed by atoms with Gasteiger partial charge in [0.2, 0.25) is 41.4 Å². The second-order valence-corrected chi connectivity index (χ2v) is 19.3. The number of nitrogens with one attached hydrogen (secondary N) is 7. The molecule has 2 aromatic rings. The summed E-state index contributed by atoms with van der Waals surface area (Å²) in [6.45, 7) is 10.2. The third-order valence-corrected chi connectivity index (χ3v) is 12.1. The number of carbonyl (C=O) groups is 12. The molecule has 436 valence electrons. The molecule has 30 heteroatoms. The number of amides is 9. The smallest absolute Gasteiger partial charge is 0.305 e. The van der Waals surface area contributed by atoms with Crippen LogP contribution in [0, 0.1) is 22.0 Å². The van der Waals surface area contributed by atoms with Crippen LogP contribution in [0.5, 0.6) is 0 Å². The molecule has 0 aromatic heterocycles. The lowest BCUT2D eigenvalue weighted by atomic mass is 9.98. The molecule has 1 saturated heterocycles.